The van der Waals surface area contributed by atoms with E-state index in [4.69, 9.17) is 0 Å². The van der Waals surface area contributed by atoms with Crippen molar-refractivity contribution in [1.82, 2.24) is 15.1 Å². The highest BCUT2D eigenvalue weighted by molar-refractivity contribution is 5.93. The predicted molar refractivity (Wildman–Crippen MR) is 99.0 cm³/mol. The van der Waals surface area contributed by atoms with E-state index in [-0.39, 0.29) is 24.2 Å². The van der Waals surface area contributed by atoms with Crippen LogP contribution in [0.2, 0.25) is 0 Å². The Bertz CT molecular complexity index is 762. The molecule has 2 aromatic carbocycles. The van der Waals surface area contributed by atoms with Crippen LogP contribution in [0.25, 0.3) is 0 Å². The third-order valence-electron chi connectivity index (χ3n) is 4.04. The van der Waals surface area contributed by atoms with E-state index in [9.17, 15) is 14.0 Å². The average molecular weight is 357 g/mol. The largest absolute Gasteiger partial charge is 0.355 e. The van der Waals surface area contributed by atoms with Gasteiger partial charge in [0.25, 0.3) is 5.91 Å². The fourth-order valence-electron chi connectivity index (χ4n) is 2.62. The van der Waals surface area contributed by atoms with E-state index in [1.165, 1.54) is 12.1 Å². The van der Waals surface area contributed by atoms with Gasteiger partial charge in [-0.2, -0.15) is 0 Å². The maximum absolute atomic E-state index is 13.2. The van der Waals surface area contributed by atoms with E-state index in [1.807, 2.05) is 24.1 Å². The topological polar surface area (TPSA) is 52.7 Å². The highest BCUT2D eigenvalue weighted by Gasteiger charge is 2.13. The summed E-state index contributed by atoms with van der Waals surface area (Å²) in [7, 11) is 5.16. The summed E-state index contributed by atoms with van der Waals surface area (Å²) in [6.45, 7) is 1.21. The molecule has 0 radical (unpaired) electrons. The molecule has 0 saturated carbocycles. The smallest absolute Gasteiger partial charge is 0.251 e. The molecule has 0 spiro atoms. The zero-order valence-corrected chi connectivity index (χ0v) is 15.3. The lowest BCUT2D eigenvalue weighted by molar-refractivity contribution is -0.131. The first-order valence-corrected chi connectivity index (χ1v) is 8.37. The summed E-state index contributed by atoms with van der Waals surface area (Å²) in [5.41, 5.74) is 2.37. The van der Waals surface area contributed by atoms with Gasteiger partial charge in [0.15, 0.2) is 0 Å². The Labute approximate surface area is 153 Å². The van der Waals surface area contributed by atoms with Crippen molar-refractivity contribution in [3.8, 4) is 0 Å². The number of carbonyl (C=O) groups is 2. The molecule has 138 valence electrons. The summed E-state index contributed by atoms with van der Waals surface area (Å²) in [5.74, 6) is -0.474. The number of nitrogens with zero attached hydrogens (tertiary/aromatic N) is 2. The van der Waals surface area contributed by atoms with Gasteiger partial charge in [-0.1, -0.05) is 24.3 Å². The standard InChI is InChI=1S/C20H24FN3O2/c1-22-20(26)17-9-7-15(8-10-17)12-23(2)14-19(25)24(3)13-16-5-4-6-18(21)11-16/h4-11H,12-14H2,1-3H3,(H,22,26). The normalized spacial score (nSPS) is 10.7. The van der Waals surface area contributed by atoms with Crippen LogP contribution in [-0.2, 0) is 17.9 Å². The van der Waals surface area contributed by atoms with Crippen LogP contribution in [-0.4, -0.2) is 49.3 Å². The highest BCUT2D eigenvalue weighted by atomic mass is 19.1. The summed E-state index contributed by atoms with van der Waals surface area (Å²) in [4.78, 5) is 27.4. The van der Waals surface area contributed by atoms with Gasteiger partial charge >= 0.3 is 0 Å². The fraction of sp³-hybridized carbons (Fsp3) is 0.300. The third-order valence-corrected chi connectivity index (χ3v) is 4.04. The van der Waals surface area contributed by atoms with Gasteiger partial charge in [-0.15, -0.1) is 0 Å². The Balaban J connectivity index is 1.87. The average Bonchev–Trinajstić information content (AvgIpc) is 2.61. The van der Waals surface area contributed by atoms with Gasteiger partial charge in [0.05, 0.1) is 6.54 Å². The van der Waals surface area contributed by atoms with Crippen LogP contribution in [0.5, 0.6) is 0 Å². The molecule has 0 atom stereocenters. The molecule has 0 heterocycles. The quantitative estimate of drug-likeness (QED) is 0.827. The number of benzene rings is 2. The van der Waals surface area contributed by atoms with E-state index < -0.39 is 0 Å². The SMILES string of the molecule is CNC(=O)c1ccc(CN(C)CC(=O)N(C)Cc2cccc(F)c2)cc1. The van der Waals surface area contributed by atoms with Gasteiger partial charge in [-0.05, 0) is 42.4 Å². The van der Waals surface area contributed by atoms with Crippen LogP contribution >= 0.6 is 0 Å². The Hall–Kier alpha value is -2.73. The van der Waals surface area contributed by atoms with E-state index >= 15 is 0 Å². The van der Waals surface area contributed by atoms with Crippen molar-refractivity contribution in [3.63, 3.8) is 0 Å². The maximum Gasteiger partial charge on any atom is 0.251 e. The molecule has 2 aromatic rings. The number of nitrogens with one attached hydrogen (secondary N) is 1. The summed E-state index contributed by atoms with van der Waals surface area (Å²) in [6, 6.07) is 13.5. The molecule has 1 N–H and O–H groups in total. The van der Waals surface area contributed by atoms with Crippen LogP contribution in [0.4, 0.5) is 4.39 Å². The molecule has 26 heavy (non-hydrogen) atoms. The molecule has 2 rings (SSSR count). The van der Waals surface area contributed by atoms with Crippen molar-refractivity contribution < 1.29 is 14.0 Å². The fourth-order valence-corrected chi connectivity index (χ4v) is 2.62. The number of carbonyl (C=O) groups excluding carboxylic acids is 2. The zero-order chi connectivity index (χ0) is 19.1. The second-order valence-corrected chi connectivity index (χ2v) is 6.33. The zero-order valence-electron chi connectivity index (χ0n) is 15.3. The van der Waals surface area contributed by atoms with Gasteiger partial charge < -0.3 is 10.2 Å². The molecule has 2 amide bonds. The Morgan fingerprint density at radius 2 is 1.69 bits per heavy atom. The first-order valence-electron chi connectivity index (χ1n) is 8.37. The van der Waals surface area contributed by atoms with Crippen LogP contribution in [0, 0.1) is 5.82 Å². The minimum atomic E-state index is -0.305. The van der Waals surface area contributed by atoms with Crippen molar-refractivity contribution in [2.75, 3.05) is 27.7 Å². The number of amides is 2. The van der Waals surface area contributed by atoms with Crippen molar-refractivity contribution in [2.24, 2.45) is 0 Å². The van der Waals surface area contributed by atoms with E-state index in [2.05, 4.69) is 5.32 Å². The number of rotatable bonds is 7. The molecule has 0 aliphatic rings. The minimum absolute atomic E-state index is 0.0428. The Kier molecular flexibility index (Phi) is 6.86. The second kappa shape index (κ2) is 9.10. The number of hydrogen-bond donors (Lipinski definition) is 1. The first kappa shape index (κ1) is 19.6. The molecule has 0 aliphatic carbocycles. The number of hydrogen-bond acceptors (Lipinski definition) is 3. The predicted octanol–water partition coefficient (Wildman–Crippen LogP) is 2.28. The molecule has 0 saturated heterocycles. The van der Waals surface area contributed by atoms with Crippen LogP contribution in [0.3, 0.4) is 0 Å². The van der Waals surface area contributed by atoms with E-state index in [0.29, 0.717) is 18.7 Å². The van der Waals surface area contributed by atoms with Crippen LogP contribution < -0.4 is 5.32 Å². The van der Waals surface area contributed by atoms with Crippen molar-refractivity contribution in [2.45, 2.75) is 13.1 Å². The Morgan fingerprint density at radius 3 is 2.31 bits per heavy atom. The first-order chi connectivity index (χ1) is 12.4. The van der Waals surface area contributed by atoms with Crippen LogP contribution in [0.1, 0.15) is 21.5 Å². The van der Waals surface area contributed by atoms with Crippen LogP contribution in [0.15, 0.2) is 48.5 Å². The molecule has 0 aromatic heterocycles. The maximum atomic E-state index is 13.2. The molecule has 0 bridgehead atoms. The number of likely N-dealkylation sites (N-methyl/N-ethyl adjacent to an activating group) is 2. The van der Waals surface area contributed by atoms with Gasteiger partial charge in [-0.25, -0.2) is 4.39 Å². The van der Waals surface area contributed by atoms with Gasteiger partial charge in [0.2, 0.25) is 5.91 Å². The van der Waals surface area contributed by atoms with Crippen molar-refractivity contribution >= 4 is 11.8 Å². The summed E-state index contributed by atoms with van der Waals surface area (Å²) in [6.07, 6.45) is 0. The molecule has 0 aliphatic heterocycles. The Morgan fingerprint density at radius 1 is 1.00 bits per heavy atom. The molecular weight excluding hydrogens is 333 g/mol. The summed E-state index contributed by atoms with van der Waals surface area (Å²) in [5, 5.41) is 2.58. The lowest BCUT2D eigenvalue weighted by Crippen LogP contribution is -2.36. The summed E-state index contributed by atoms with van der Waals surface area (Å²) >= 11 is 0. The van der Waals surface area contributed by atoms with E-state index in [1.54, 1.807) is 43.3 Å². The van der Waals surface area contributed by atoms with Gasteiger partial charge in [0, 0.05) is 32.7 Å². The molecule has 0 unspecified atom stereocenters. The lowest BCUT2D eigenvalue weighted by atomic mass is 10.1. The summed E-state index contributed by atoms with van der Waals surface area (Å²) < 4.78 is 13.2. The molecule has 5 nitrogen and oxygen atoms in total. The van der Waals surface area contributed by atoms with Crippen molar-refractivity contribution in [3.05, 3.63) is 71.0 Å². The number of halogens is 1. The second-order valence-electron chi connectivity index (χ2n) is 6.33. The monoisotopic (exact) mass is 357 g/mol. The highest BCUT2D eigenvalue weighted by Crippen LogP contribution is 2.09. The van der Waals surface area contributed by atoms with Gasteiger partial charge in [0.1, 0.15) is 5.82 Å². The van der Waals surface area contributed by atoms with Crippen molar-refractivity contribution in [1.29, 1.82) is 0 Å². The van der Waals surface area contributed by atoms with Gasteiger partial charge in [-0.3, -0.25) is 14.5 Å². The molecule has 0 fully saturated rings. The lowest BCUT2D eigenvalue weighted by Gasteiger charge is -2.22. The minimum Gasteiger partial charge on any atom is -0.355 e. The molecule has 6 heteroatoms. The molecular formula is C20H24FN3O2. The third kappa shape index (κ3) is 5.67. The van der Waals surface area contributed by atoms with E-state index in [0.717, 1.165) is 11.1 Å².